The van der Waals surface area contributed by atoms with Gasteiger partial charge in [0.25, 0.3) is 11.8 Å². The van der Waals surface area contributed by atoms with E-state index in [1.54, 1.807) is 6.92 Å². The van der Waals surface area contributed by atoms with Crippen LogP contribution in [0.25, 0.3) is 0 Å². The van der Waals surface area contributed by atoms with Gasteiger partial charge in [-0.25, -0.2) is 5.43 Å². The molecule has 1 fully saturated rings. The average Bonchev–Trinajstić information content (AvgIpc) is 3.43. The lowest BCUT2D eigenvalue weighted by Crippen LogP contribution is -2.53. The van der Waals surface area contributed by atoms with Crippen LogP contribution in [0, 0.1) is 0 Å². The standard InChI is InChI=1S/C35H38N4O13/c1-15-30(44)18(36)11-25(51-15)52-20-13-35(49,21(14-40)37-38-22(41)7-4-10-39-23(42)8-9-24(39)43)12-17-27(20)34(48)29-28(32(17)46)31(45)16-5-3-6-19(50-2)26(16)33(29)47/h3,5-6,8-9,15,18,20,25,30,40,44,46,48-49H,4,7,10-14,36H2,1-2H3,(H,38,41)/b37-21+/t15-,18-,20-,25-,30+,35-/m0/s1. The van der Waals surface area contributed by atoms with E-state index in [0.29, 0.717) is 0 Å². The number of carbonyl (C=O) groups excluding carboxylic acids is 5. The highest BCUT2D eigenvalue weighted by atomic mass is 16.7. The van der Waals surface area contributed by atoms with E-state index in [-0.39, 0.29) is 59.5 Å². The van der Waals surface area contributed by atoms with Gasteiger partial charge in [-0.3, -0.25) is 28.9 Å². The molecule has 6 rings (SSSR count). The second-order valence-corrected chi connectivity index (χ2v) is 13.1. The Morgan fingerprint density at radius 3 is 2.44 bits per heavy atom. The van der Waals surface area contributed by atoms with Gasteiger partial charge in [0, 0.05) is 67.1 Å². The topological polar surface area (TPSA) is 268 Å². The summed E-state index contributed by atoms with van der Waals surface area (Å²) in [6, 6.07) is 3.54. The largest absolute Gasteiger partial charge is 0.507 e. The summed E-state index contributed by atoms with van der Waals surface area (Å²) < 4.78 is 17.4. The van der Waals surface area contributed by atoms with Crippen molar-refractivity contribution >= 4 is 35.0 Å². The van der Waals surface area contributed by atoms with E-state index in [2.05, 4.69) is 10.5 Å². The Balaban J connectivity index is 1.36. The van der Waals surface area contributed by atoms with Gasteiger partial charge in [-0.05, 0) is 19.4 Å². The lowest BCUT2D eigenvalue weighted by molar-refractivity contribution is -0.245. The third-order valence-corrected chi connectivity index (χ3v) is 9.83. The van der Waals surface area contributed by atoms with Crippen LogP contribution in [0.15, 0.2) is 35.5 Å². The number of nitrogens with one attached hydrogen (secondary N) is 1. The van der Waals surface area contributed by atoms with Crippen LogP contribution >= 0.6 is 0 Å². The number of amides is 3. The Labute approximate surface area is 296 Å². The molecule has 2 heterocycles. The molecule has 2 aromatic carbocycles. The number of benzene rings is 2. The number of hydrogen-bond donors (Lipinski definition) is 7. The van der Waals surface area contributed by atoms with Crippen LogP contribution in [0.4, 0.5) is 0 Å². The number of ketones is 2. The molecule has 0 aromatic heterocycles. The number of phenolic OH excluding ortho intramolecular Hbond substituents is 2. The Morgan fingerprint density at radius 2 is 1.79 bits per heavy atom. The number of phenols is 2. The third kappa shape index (κ3) is 6.35. The number of carbonyl (C=O) groups is 5. The Morgan fingerprint density at radius 1 is 1.10 bits per heavy atom. The number of aromatic hydroxyl groups is 2. The van der Waals surface area contributed by atoms with E-state index >= 15 is 0 Å². The van der Waals surface area contributed by atoms with E-state index in [1.165, 1.54) is 25.3 Å². The summed E-state index contributed by atoms with van der Waals surface area (Å²) in [6.45, 7) is 0.636. The van der Waals surface area contributed by atoms with Gasteiger partial charge in [0.05, 0.1) is 54.4 Å². The van der Waals surface area contributed by atoms with Crippen LogP contribution in [0.3, 0.4) is 0 Å². The lowest BCUT2D eigenvalue weighted by atomic mass is 9.71. The van der Waals surface area contributed by atoms with E-state index < -0.39 is 108 Å². The minimum absolute atomic E-state index is 0.0253. The molecule has 0 saturated carbocycles. The van der Waals surface area contributed by atoms with Gasteiger partial charge in [0.15, 0.2) is 12.1 Å². The summed E-state index contributed by atoms with van der Waals surface area (Å²) in [4.78, 5) is 65.0. The molecular formula is C35H38N4O13. The maximum absolute atomic E-state index is 13.9. The fourth-order valence-corrected chi connectivity index (χ4v) is 7.13. The van der Waals surface area contributed by atoms with Crippen molar-refractivity contribution in [2.24, 2.45) is 10.8 Å². The number of ether oxygens (including phenoxy) is 3. The summed E-state index contributed by atoms with van der Waals surface area (Å²) in [5.41, 5.74) is 4.22. The van der Waals surface area contributed by atoms with Crippen molar-refractivity contribution in [2.75, 3.05) is 20.3 Å². The second kappa shape index (κ2) is 14.2. The maximum atomic E-state index is 13.9. The number of fused-ring (bicyclic) bond motifs is 3. The molecule has 6 atom stereocenters. The van der Waals surface area contributed by atoms with Crippen molar-refractivity contribution in [1.82, 2.24) is 10.3 Å². The molecule has 2 aliphatic heterocycles. The first-order chi connectivity index (χ1) is 24.7. The fraction of sp³-hybridized carbons (Fsp3) is 0.429. The van der Waals surface area contributed by atoms with Crippen molar-refractivity contribution in [3.8, 4) is 17.2 Å². The number of aliphatic hydroxyl groups excluding tert-OH is 2. The van der Waals surface area contributed by atoms with Gasteiger partial charge < -0.3 is 45.5 Å². The third-order valence-electron chi connectivity index (χ3n) is 9.83. The number of methoxy groups -OCH3 is 1. The highest BCUT2D eigenvalue weighted by Crippen LogP contribution is 2.52. The summed E-state index contributed by atoms with van der Waals surface area (Å²) in [5.74, 6) is -4.63. The number of nitrogens with zero attached hydrogens (tertiary/aromatic N) is 2. The minimum atomic E-state index is -2.19. The normalized spacial score (nSPS) is 27.0. The molecule has 0 spiro atoms. The minimum Gasteiger partial charge on any atom is -0.507 e. The van der Waals surface area contributed by atoms with Crippen LogP contribution in [-0.4, -0.2) is 116 Å². The first kappa shape index (κ1) is 36.7. The number of hydrazone groups is 1. The highest BCUT2D eigenvalue weighted by molar-refractivity contribution is 6.31. The van der Waals surface area contributed by atoms with Gasteiger partial charge in [0.2, 0.25) is 11.7 Å². The van der Waals surface area contributed by atoms with E-state index in [9.17, 15) is 49.5 Å². The number of hydrogen-bond acceptors (Lipinski definition) is 15. The summed E-state index contributed by atoms with van der Waals surface area (Å²) >= 11 is 0. The smallest absolute Gasteiger partial charge is 0.253 e. The monoisotopic (exact) mass is 722 g/mol. The molecule has 3 amide bonds. The van der Waals surface area contributed by atoms with Crippen LogP contribution in [0.5, 0.6) is 17.2 Å². The quantitative estimate of drug-likeness (QED) is 0.0608. The van der Waals surface area contributed by atoms with Crippen molar-refractivity contribution in [3.05, 3.63) is 63.7 Å². The Hall–Kier alpha value is -5.04. The van der Waals surface area contributed by atoms with Gasteiger partial charge in [-0.15, -0.1) is 0 Å². The molecule has 17 heteroatoms. The van der Waals surface area contributed by atoms with Crippen LogP contribution in [0.2, 0.25) is 0 Å². The molecule has 2 aromatic rings. The Kier molecular flexibility index (Phi) is 10.0. The molecule has 52 heavy (non-hydrogen) atoms. The van der Waals surface area contributed by atoms with Crippen LogP contribution in [-0.2, 0) is 30.3 Å². The molecule has 0 unspecified atom stereocenters. The number of aliphatic hydroxyl groups is 3. The molecular weight excluding hydrogens is 684 g/mol. The second-order valence-electron chi connectivity index (χ2n) is 13.1. The van der Waals surface area contributed by atoms with Crippen molar-refractivity contribution in [2.45, 2.75) is 75.3 Å². The lowest BCUT2D eigenvalue weighted by Gasteiger charge is -2.43. The maximum Gasteiger partial charge on any atom is 0.253 e. The zero-order valence-corrected chi connectivity index (χ0v) is 28.2. The summed E-state index contributed by atoms with van der Waals surface area (Å²) in [5, 5.41) is 60.3. The SMILES string of the molecule is COc1cccc2c1C(=O)c1c(O)c3c(c(O)c1C2=O)C[C@@](O)(/C(CO)=N/NC(=O)CCCN1C(=O)C=CC1=O)C[C@@H]3O[C@H]1C[C@H](N)[C@H](O)[C@H](C)O1. The van der Waals surface area contributed by atoms with E-state index in [0.717, 1.165) is 17.1 Å². The average molecular weight is 723 g/mol. The molecule has 17 nitrogen and oxygen atoms in total. The molecule has 2 aliphatic carbocycles. The van der Waals surface area contributed by atoms with Gasteiger partial charge >= 0.3 is 0 Å². The number of imide groups is 1. The zero-order valence-electron chi connectivity index (χ0n) is 28.2. The summed E-state index contributed by atoms with van der Waals surface area (Å²) in [7, 11) is 1.31. The van der Waals surface area contributed by atoms with Crippen molar-refractivity contribution < 1.29 is 63.7 Å². The number of nitrogens with two attached hydrogens (primary N) is 1. The predicted molar refractivity (Wildman–Crippen MR) is 177 cm³/mol. The van der Waals surface area contributed by atoms with Crippen molar-refractivity contribution in [1.29, 1.82) is 0 Å². The van der Waals surface area contributed by atoms with Crippen LogP contribution in [0.1, 0.15) is 81.7 Å². The molecule has 0 radical (unpaired) electrons. The van der Waals surface area contributed by atoms with E-state index in [1.807, 2.05) is 0 Å². The van der Waals surface area contributed by atoms with Crippen LogP contribution < -0.4 is 15.9 Å². The molecule has 276 valence electrons. The van der Waals surface area contributed by atoms with E-state index in [4.69, 9.17) is 19.9 Å². The fourth-order valence-electron chi connectivity index (χ4n) is 7.13. The summed E-state index contributed by atoms with van der Waals surface area (Å²) in [6.07, 6.45) is -3.24. The molecule has 4 aliphatic rings. The zero-order chi connectivity index (χ0) is 37.6. The van der Waals surface area contributed by atoms with Gasteiger partial charge in [-0.2, -0.15) is 5.10 Å². The van der Waals surface area contributed by atoms with Gasteiger partial charge in [-0.1, -0.05) is 12.1 Å². The molecule has 8 N–H and O–H groups in total. The highest BCUT2D eigenvalue weighted by Gasteiger charge is 2.49. The first-order valence-electron chi connectivity index (χ1n) is 16.5. The first-order valence-corrected chi connectivity index (χ1v) is 16.5. The Bertz CT molecular complexity index is 1900. The van der Waals surface area contributed by atoms with Crippen molar-refractivity contribution in [3.63, 3.8) is 0 Å². The molecule has 0 bridgehead atoms. The molecule has 1 saturated heterocycles. The number of rotatable bonds is 10. The van der Waals surface area contributed by atoms with Gasteiger partial charge in [0.1, 0.15) is 22.8 Å². The predicted octanol–water partition coefficient (Wildman–Crippen LogP) is -0.390.